The predicted molar refractivity (Wildman–Crippen MR) is 186 cm³/mol. The minimum atomic E-state index is -1.47. The summed E-state index contributed by atoms with van der Waals surface area (Å²) in [7, 11) is 0. The molecule has 0 radical (unpaired) electrons. The fourth-order valence-electron chi connectivity index (χ4n) is 6.82. The third-order valence-corrected chi connectivity index (χ3v) is 10.7. The molecular weight excluding hydrogens is 607 g/mol. The van der Waals surface area contributed by atoms with Crippen LogP contribution in [0.2, 0.25) is 0 Å². The zero-order chi connectivity index (χ0) is 32.9. The Kier molecular flexibility index (Phi) is 13.0. The Morgan fingerprint density at radius 1 is 0.809 bits per heavy atom. The number of ketones is 1. The second-order valence-corrected chi connectivity index (χ2v) is 14.2. The number of Topliss-reactive ketones (excluding diaryl/α,β-unsaturated/α-hetero) is 1. The van der Waals surface area contributed by atoms with Gasteiger partial charge in [-0.05, 0) is 72.0 Å². The molecule has 1 fully saturated rings. The molecule has 2 unspecified atom stereocenters. The van der Waals surface area contributed by atoms with Crippen molar-refractivity contribution in [2.75, 3.05) is 0 Å². The van der Waals surface area contributed by atoms with Crippen molar-refractivity contribution >= 4 is 29.4 Å². The van der Waals surface area contributed by atoms with Crippen LogP contribution in [0.25, 0.3) is 5.69 Å². The van der Waals surface area contributed by atoms with Crippen LogP contribution in [0.1, 0.15) is 126 Å². The first-order chi connectivity index (χ1) is 23.0. The summed E-state index contributed by atoms with van der Waals surface area (Å²) < 4.78 is 1.55. The zero-order valence-electron chi connectivity index (χ0n) is 27.8. The van der Waals surface area contributed by atoms with Crippen LogP contribution in [-0.2, 0) is 16.0 Å². The minimum Gasteiger partial charge on any atom is -0.290 e. The van der Waals surface area contributed by atoms with Crippen LogP contribution in [0, 0.1) is 5.92 Å². The Morgan fingerprint density at radius 2 is 1.45 bits per heavy atom. The van der Waals surface area contributed by atoms with E-state index in [1.807, 2.05) is 48.5 Å². The maximum atomic E-state index is 14.1. The quantitative estimate of drug-likeness (QED) is 0.0682. The number of benzene rings is 2. The van der Waals surface area contributed by atoms with Gasteiger partial charge in [0, 0.05) is 24.3 Å². The van der Waals surface area contributed by atoms with E-state index in [4.69, 9.17) is 0 Å². The molecule has 2 heterocycles. The number of likely N-dealkylation sites (tertiary alicyclic amines) is 1. The number of carbonyl (C=O) groups excluding carboxylic acids is 3. The summed E-state index contributed by atoms with van der Waals surface area (Å²) in [5.41, 5.74) is 2.08. The first-order valence-corrected chi connectivity index (χ1v) is 18.5. The molecule has 9 heteroatoms. The fourth-order valence-corrected chi connectivity index (χ4v) is 8.14. The Labute approximate surface area is 283 Å². The number of allylic oxidation sites excluding steroid dienone is 2. The van der Waals surface area contributed by atoms with E-state index >= 15 is 0 Å². The number of rotatable bonds is 20. The largest absolute Gasteiger partial charge is 0.290 e. The third kappa shape index (κ3) is 8.66. The van der Waals surface area contributed by atoms with Gasteiger partial charge in [0.05, 0.1) is 5.69 Å². The number of thioether (sulfide) groups is 1. The summed E-state index contributed by atoms with van der Waals surface area (Å²) in [4.78, 5) is 41.5. The summed E-state index contributed by atoms with van der Waals surface area (Å²) >= 11 is 1.10. The number of tetrazole rings is 1. The van der Waals surface area contributed by atoms with Crippen molar-refractivity contribution in [3.8, 4) is 5.69 Å². The minimum absolute atomic E-state index is 0.122. The smallest absolute Gasteiger partial charge is 0.234 e. The van der Waals surface area contributed by atoms with Gasteiger partial charge in [0.15, 0.2) is 10.7 Å². The SMILES string of the molecule is CCCCCCCCCCCCC/C=C/CCCC1CC(=O)N(C2(Sc3nnnn3-c3ccccc3)Cc3ccccc3C2=O)C1=O. The van der Waals surface area contributed by atoms with Gasteiger partial charge in [-0.2, -0.15) is 4.68 Å². The number of imide groups is 1. The lowest BCUT2D eigenvalue weighted by molar-refractivity contribution is -0.142. The average Bonchev–Trinajstić information content (AvgIpc) is 3.75. The molecule has 47 heavy (non-hydrogen) atoms. The lowest BCUT2D eigenvalue weighted by Crippen LogP contribution is -2.54. The van der Waals surface area contributed by atoms with E-state index in [-0.39, 0.29) is 30.4 Å². The molecule has 2 aliphatic rings. The number of carbonyl (C=O) groups is 3. The molecular formula is C38H49N5O3S. The number of nitrogens with zero attached hydrogens (tertiary/aromatic N) is 5. The first kappa shape index (κ1) is 34.7. The van der Waals surface area contributed by atoms with Crippen molar-refractivity contribution in [2.24, 2.45) is 5.92 Å². The Bertz CT molecular complexity index is 1510. The van der Waals surface area contributed by atoms with E-state index in [2.05, 4.69) is 34.6 Å². The van der Waals surface area contributed by atoms with Crippen molar-refractivity contribution in [3.05, 3.63) is 77.9 Å². The Morgan fingerprint density at radius 3 is 2.15 bits per heavy atom. The van der Waals surface area contributed by atoms with Crippen LogP contribution < -0.4 is 0 Å². The maximum absolute atomic E-state index is 14.1. The van der Waals surface area contributed by atoms with Crippen LogP contribution in [-0.4, -0.2) is 47.6 Å². The number of unbranched alkanes of at least 4 members (excludes halogenated alkanes) is 12. The lowest BCUT2D eigenvalue weighted by atomic mass is 10.00. The maximum Gasteiger partial charge on any atom is 0.234 e. The number of hydrogen-bond donors (Lipinski definition) is 0. The molecule has 2 atom stereocenters. The monoisotopic (exact) mass is 655 g/mol. The highest BCUT2D eigenvalue weighted by Crippen LogP contribution is 2.48. The van der Waals surface area contributed by atoms with Crippen LogP contribution in [0.5, 0.6) is 0 Å². The number of fused-ring (bicyclic) bond motifs is 1. The number of hydrogen-bond acceptors (Lipinski definition) is 7. The van der Waals surface area contributed by atoms with Crippen LogP contribution in [0.3, 0.4) is 0 Å². The van der Waals surface area contributed by atoms with Crippen molar-refractivity contribution in [1.29, 1.82) is 0 Å². The molecule has 0 bridgehead atoms. The fraction of sp³-hybridized carbons (Fsp3) is 0.526. The Balaban J connectivity index is 1.12. The molecule has 1 aliphatic carbocycles. The molecule has 5 rings (SSSR count). The normalized spacial score (nSPS) is 19.4. The summed E-state index contributed by atoms with van der Waals surface area (Å²) in [5.74, 6) is -1.26. The van der Waals surface area contributed by atoms with Gasteiger partial charge in [0.2, 0.25) is 17.0 Å². The van der Waals surface area contributed by atoms with Gasteiger partial charge in [-0.1, -0.05) is 126 Å². The van der Waals surface area contributed by atoms with Crippen molar-refractivity contribution < 1.29 is 14.4 Å². The molecule has 250 valence electrons. The van der Waals surface area contributed by atoms with Crippen LogP contribution >= 0.6 is 11.8 Å². The van der Waals surface area contributed by atoms with Gasteiger partial charge >= 0.3 is 0 Å². The number of aromatic nitrogens is 4. The van der Waals surface area contributed by atoms with Crippen LogP contribution in [0.15, 0.2) is 71.9 Å². The molecule has 0 spiro atoms. The van der Waals surface area contributed by atoms with Gasteiger partial charge in [-0.15, -0.1) is 5.10 Å². The Hall–Kier alpha value is -3.59. The molecule has 3 aromatic rings. The summed E-state index contributed by atoms with van der Waals surface area (Å²) in [5, 5.41) is 12.6. The summed E-state index contributed by atoms with van der Waals surface area (Å²) in [6, 6.07) is 16.7. The first-order valence-electron chi connectivity index (χ1n) is 17.7. The number of para-hydroxylation sites is 1. The highest BCUT2D eigenvalue weighted by molar-refractivity contribution is 8.01. The molecule has 1 saturated heterocycles. The van der Waals surface area contributed by atoms with Crippen molar-refractivity contribution in [3.63, 3.8) is 0 Å². The van der Waals surface area contributed by atoms with E-state index < -0.39 is 10.8 Å². The molecule has 1 aliphatic heterocycles. The van der Waals surface area contributed by atoms with E-state index in [1.165, 1.54) is 75.5 Å². The number of amides is 2. The highest BCUT2D eigenvalue weighted by atomic mass is 32.2. The topological polar surface area (TPSA) is 98.1 Å². The summed E-state index contributed by atoms with van der Waals surface area (Å²) in [6.45, 7) is 2.27. The molecule has 2 aromatic carbocycles. The van der Waals surface area contributed by atoms with Gasteiger partial charge in [0.25, 0.3) is 0 Å². The molecule has 2 amide bonds. The van der Waals surface area contributed by atoms with E-state index in [1.54, 1.807) is 10.7 Å². The molecule has 8 nitrogen and oxygen atoms in total. The third-order valence-electron chi connectivity index (χ3n) is 9.41. The van der Waals surface area contributed by atoms with E-state index in [0.717, 1.165) is 42.3 Å². The van der Waals surface area contributed by atoms with Crippen molar-refractivity contribution in [2.45, 2.75) is 126 Å². The van der Waals surface area contributed by atoms with Gasteiger partial charge < -0.3 is 0 Å². The zero-order valence-corrected chi connectivity index (χ0v) is 28.6. The molecule has 0 N–H and O–H groups in total. The van der Waals surface area contributed by atoms with Gasteiger partial charge in [-0.25, -0.2) is 0 Å². The molecule has 0 saturated carbocycles. The molecule has 1 aromatic heterocycles. The standard InChI is InChI=1S/C38H49N5O3S/c1-2-3-4-5-6-7-8-9-10-11-12-13-14-15-16-18-23-30-28-34(44)42(36(30)46)38(29-31-24-21-22-27-33(31)35(38)45)47-37-39-40-41-43(37)32-25-19-17-20-26-32/h14-15,17,19-22,24-27,30H,2-13,16,18,23,28-29H2,1H3/b15-14+. The second kappa shape index (κ2) is 17.5. The van der Waals surface area contributed by atoms with Gasteiger partial charge in [-0.3, -0.25) is 19.3 Å². The second-order valence-electron chi connectivity index (χ2n) is 13.0. The van der Waals surface area contributed by atoms with E-state index in [9.17, 15) is 14.4 Å². The average molecular weight is 656 g/mol. The van der Waals surface area contributed by atoms with Crippen LogP contribution in [0.4, 0.5) is 0 Å². The van der Waals surface area contributed by atoms with E-state index in [0.29, 0.717) is 17.1 Å². The highest BCUT2D eigenvalue weighted by Gasteiger charge is 2.59. The van der Waals surface area contributed by atoms with Gasteiger partial charge in [0.1, 0.15) is 0 Å². The lowest BCUT2D eigenvalue weighted by Gasteiger charge is -2.34. The van der Waals surface area contributed by atoms with Crippen molar-refractivity contribution in [1.82, 2.24) is 25.1 Å². The summed E-state index contributed by atoms with van der Waals surface area (Å²) in [6.07, 6.45) is 23.1. The predicted octanol–water partition coefficient (Wildman–Crippen LogP) is 8.69.